The zero-order valence-electron chi connectivity index (χ0n) is 19.3. The van der Waals surface area contributed by atoms with Crippen molar-refractivity contribution >= 4 is 18.0 Å². The van der Waals surface area contributed by atoms with Crippen LogP contribution < -0.4 is 0 Å². The van der Waals surface area contributed by atoms with Crippen molar-refractivity contribution in [3.8, 4) is 5.75 Å². The fraction of sp³-hybridized carbons (Fsp3) is 0.440. The lowest BCUT2D eigenvalue weighted by Gasteiger charge is -2.42. The molecule has 3 aliphatic heterocycles. The molecule has 0 saturated carbocycles. The Bertz CT molecular complexity index is 1120. The molecule has 4 aliphatic rings. The summed E-state index contributed by atoms with van der Waals surface area (Å²) in [6, 6.07) is 6.22. The highest BCUT2D eigenvalue weighted by Crippen LogP contribution is 2.49. The third-order valence-electron chi connectivity index (χ3n) is 6.81. The van der Waals surface area contributed by atoms with Crippen molar-refractivity contribution in [1.29, 1.82) is 0 Å². The zero-order valence-corrected chi connectivity index (χ0v) is 19.3. The van der Waals surface area contributed by atoms with Gasteiger partial charge in [-0.2, -0.15) is 0 Å². The molecule has 3 heterocycles. The first-order valence-electron chi connectivity index (χ1n) is 11.6. The van der Waals surface area contributed by atoms with Crippen LogP contribution in [0.4, 0.5) is 0 Å². The van der Waals surface area contributed by atoms with Crippen molar-refractivity contribution in [3.63, 3.8) is 0 Å². The minimum atomic E-state index is -1.65. The number of phenols is 1. The van der Waals surface area contributed by atoms with E-state index in [-0.39, 0.29) is 17.9 Å². The molecule has 0 spiro atoms. The average Bonchev–Trinajstić information content (AvgIpc) is 3.41. The summed E-state index contributed by atoms with van der Waals surface area (Å²) in [4.78, 5) is 24.5. The highest BCUT2D eigenvalue weighted by molar-refractivity contribution is 5.92. The molecule has 37 heavy (non-hydrogen) atoms. The Morgan fingerprint density at radius 2 is 1.78 bits per heavy atom. The van der Waals surface area contributed by atoms with Gasteiger partial charge in [-0.15, -0.1) is 0 Å². The van der Waals surface area contributed by atoms with Crippen molar-refractivity contribution in [2.24, 2.45) is 11.8 Å². The standard InChI is InChI=1S/C25H26O12/c26-8-16-20(29)21(30)22(31)25(36-16)37-24-18-12(7-15-19(18)14(10-34-24)23(32)35-15)9-33-17(28)6-3-11-1-4-13(27)5-2-11/h1-7,10,15-16,18-22,24-27,29-31H,8-9H2/b6-3+/t15-,16+,18+,19-,20+,21-,22+,24-,25-/m0/s1. The van der Waals surface area contributed by atoms with Crippen LogP contribution in [0.3, 0.4) is 0 Å². The molecule has 0 aromatic heterocycles. The number of hydrogen-bond donors (Lipinski definition) is 5. The second-order valence-electron chi connectivity index (χ2n) is 9.11. The lowest BCUT2D eigenvalue weighted by atomic mass is 9.84. The van der Waals surface area contributed by atoms with E-state index >= 15 is 0 Å². The number of rotatable bonds is 7. The van der Waals surface area contributed by atoms with Crippen LogP contribution in [0.2, 0.25) is 0 Å². The van der Waals surface area contributed by atoms with Crippen LogP contribution in [0.1, 0.15) is 5.56 Å². The number of carbonyl (C=O) groups is 2. The highest BCUT2D eigenvalue weighted by Gasteiger charge is 2.56. The van der Waals surface area contributed by atoms with Gasteiger partial charge in [0.15, 0.2) is 6.29 Å². The molecule has 2 saturated heterocycles. The Labute approximate surface area is 210 Å². The van der Waals surface area contributed by atoms with E-state index in [1.807, 2.05) is 0 Å². The smallest absolute Gasteiger partial charge is 0.338 e. The van der Waals surface area contributed by atoms with E-state index in [0.717, 1.165) is 0 Å². The third kappa shape index (κ3) is 4.87. The number of aromatic hydroxyl groups is 1. The van der Waals surface area contributed by atoms with Crippen LogP contribution in [-0.2, 0) is 33.3 Å². The normalized spacial score (nSPS) is 36.4. The number of hydrogen-bond acceptors (Lipinski definition) is 12. The number of aliphatic hydroxyl groups is 4. The second-order valence-corrected chi connectivity index (χ2v) is 9.11. The maximum atomic E-state index is 12.3. The van der Waals surface area contributed by atoms with Crippen LogP contribution in [-0.4, -0.2) is 93.8 Å². The van der Waals surface area contributed by atoms with Crippen molar-refractivity contribution in [1.82, 2.24) is 0 Å². The predicted octanol–water partition coefficient (Wildman–Crippen LogP) is -0.897. The Kier molecular flexibility index (Phi) is 7.03. The Balaban J connectivity index is 1.29. The van der Waals surface area contributed by atoms with Crippen molar-refractivity contribution in [2.45, 2.75) is 43.1 Å². The number of esters is 2. The molecular formula is C25H26O12. The molecule has 12 heteroatoms. The van der Waals surface area contributed by atoms with Crippen LogP contribution in [0.25, 0.3) is 6.08 Å². The van der Waals surface area contributed by atoms with Crippen LogP contribution >= 0.6 is 0 Å². The minimum Gasteiger partial charge on any atom is -0.508 e. The topological polar surface area (TPSA) is 181 Å². The van der Waals surface area contributed by atoms with Gasteiger partial charge in [-0.05, 0) is 35.4 Å². The Morgan fingerprint density at radius 1 is 1.03 bits per heavy atom. The summed E-state index contributed by atoms with van der Waals surface area (Å²) in [5, 5.41) is 49.2. The van der Waals surface area contributed by atoms with Crippen LogP contribution in [0, 0.1) is 11.8 Å². The number of ether oxygens (including phenoxy) is 5. The molecule has 5 rings (SSSR count). The van der Waals surface area contributed by atoms with E-state index in [1.54, 1.807) is 18.2 Å². The van der Waals surface area contributed by atoms with E-state index < -0.39 is 73.5 Å². The molecule has 198 valence electrons. The number of aliphatic hydroxyl groups excluding tert-OH is 4. The molecule has 2 fully saturated rings. The van der Waals surface area contributed by atoms with E-state index in [0.29, 0.717) is 11.1 Å². The zero-order chi connectivity index (χ0) is 26.3. The summed E-state index contributed by atoms with van der Waals surface area (Å²) < 4.78 is 27.6. The summed E-state index contributed by atoms with van der Waals surface area (Å²) in [6.45, 7) is -0.797. The first kappa shape index (κ1) is 25.4. The molecule has 0 radical (unpaired) electrons. The summed E-state index contributed by atoms with van der Waals surface area (Å²) in [7, 11) is 0. The number of phenolic OH excluding ortho intramolecular Hbond substituents is 1. The van der Waals surface area contributed by atoms with Gasteiger partial charge in [0.1, 0.15) is 42.9 Å². The van der Waals surface area contributed by atoms with E-state index in [9.17, 15) is 35.1 Å². The van der Waals surface area contributed by atoms with Crippen molar-refractivity contribution in [3.05, 3.63) is 59.4 Å². The van der Waals surface area contributed by atoms with E-state index in [2.05, 4.69) is 0 Å². The number of carbonyl (C=O) groups excluding carboxylic acids is 2. The summed E-state index contributed by atoms with van der Waals surface area (Å²) >= 11 is 0. The first-order chi connectivity index (χ1) is 17.8. The van der Waals surface area contributed by atoms with Gasteiger partial charge in [0.2, 0.25) is 6.29 Å². The third-order valence-corrected chi connectivity index (χ3v) is 6.81. The molecule has 0 unspecified atom stereocenters. The van der Waals surface area contributed by atoms with E-state index in [1.165, 1.54) is 30.5 Å². The largest absolute Gasteiger partial charge is 0.508 e. The SMILES string of the molecule is O=C(/C=C/c1ccc(O)cc1)OCC1=C[C@@H]2OC(=O)C3=CO[C@@H](O[C@@H]4O[C@H](CO)[C@@H](O)[C@H](O)[C@H]4O)[C@H]1[C@@H]32. The van der Waals surface area contributed by atoms with Gasteiger partial charge in [0.25, 0.3) is 0 Å². The van der Waals surface area contributed by atoms with Gasteiger partial charge in [-0.3, -0.25) is 0 Å². The lowest BCUT2D eigenvalue weighted by Crippen LogP contribution is -2.60. The molecule has 1 aliphatic carbocycles. The van der Waals surface area contributed by atoms with Gasteiger partial charge in [-0.1, -0.05) is 12.1 Å². The quantitative estimate of drug-likeness (QED) is 0.171. The Hall–Kier alpha value is -3.26. The predicted molar refractivity (Wildman–Crippen MR) is 121 cm³/mol. The maximum Gasteiger partial charge on any atom is 0.338 e. The highest BCUT2D eigenvalue weighted by atomic mass is 16.8. The average molecular weight is 518 g/mol. The molecule has 0 bridgehead atoms. The number of benzene rings is 1. The Morgan fingerprint density at radius 3 is 2.51 bits per heavy atom. The fourth-order valence-electron chi connectivity index (χ4n) is 4.89. The van der Waals surface area contributed by atoms with Gasteiger partial charge < -0.3 is 49.2 Å². The molecule has 9 atom stereocenters. The van der Waals surface area contributed by atoms with Crippen LogP contribution in [0.5, 0.6) is 5.75 Å². The lowest BCUT2D eigenvalue weighted by molar-refractivity contribution is -0.339. The summed E-state index contributed by atoms with van der Waals surface area (Å²) in [6.07, 6.45) is -3.64. The molecule has 1 aromatic rings. The second kappa shape index (κ2) is 10.2. The van der Waals surface area contributed by atoms with Crippen molar-refractivity contribution < 1.29 is 58.8 Å². The van der Waals surface area contributed by atoms with Crippen LogP contribution in [0.15, 0.2) is 53.8 Å². The monoisotopic (exact) mass is 518 g/mol. The molecule has 0 amide bonds. The summed E-state index contributed by atoms with van der Waals surface area (Å²) in [5.74, 6) is -2.23. The fourth-order valence-corrected chi connectivity index (χ4v) is 4.89. The maximum absolute atomic E-state index is 12.3. The minimum absolute atomic E-state index is 0.0998. The molecule has 12 nitrogen and oxygen atoms in total. The van der Waals surface area contributed by atoms with Gasteiger partial charge in [-0.25, -0.2) is 9.59 Å². The van der Waals surface area contributed by atoms with Gasteiger partial charge >= 0.3 is 11.9 Å². The molecule has 1 aromatic carbocycles. The van der Waals surface area contributed by atoms with Gasteiger partial charge in [0.05, 0.1) is 24.4 Å². The molecule has 5 N–H and O–H groups in total. The molecular weight excluding hydrogens is 492 g/mol. The summed E-state index contributed by atoms with van der Waals surface area (Å²) in [5.41, 5.74) is 1.52. The van der Waals surface area contributed by atoms with Gasteiger partial charge in [0, 0.05) is 12.0 Å². The van der Waals surface area contributed by atoms with E-state index in [4.69, 9.17) is 23.7 Å². The van der Waals surface area contributed by atoms with Crippen molar-refractivity contribution in [2.75, 3.05) is 13.2 Å². The first-order valence-corrected chi connectivity index (χ1v) is 11.6.